The molecule has 0 aromatic heterocycles. The third-order valence-corrected chi connectivity index (χ3v) is 7.60. The van der Waals surface area contributed by atoms with Crippen molar-refractivity contribution in [3.05, 3.63) is 24.3 Å². The van der Waals surface area contributed by atoms with Crippen LogP contribution in [0.3, 0.4) is 0 Å². The van der Waals surface area contributed by atoms with Crippen molar-refractivity contribution in [2.45, 2.75) is 194 Å². The summed E-state index contributed by atoms with van der Waals surface area (Å²) in [5, 5.41) is 0. The molecule has 0 spiro atoms. The Hall–Kier alpha value is 1.31. The summed E-state index contributed by atoms with van der Waals surface area (Å²) >= 11 is 0. The van der Waals surface area contributed by atoms with Crippen molar-refractivity contribution >= 4 is 10.4 Å². The topological polar surface area (TPSA) is 89.5 Å². The maximum absolute atomic E-state index is 8.52. The van der Waals surface area contributed by atoms with Crippen molar-refractivity contribution < 1.29 is 81.4 Å². The van der Waals surface area contributed by atoms with Crippen LogP contribution >= 0.6 is 0 Å². The minimum atomic E-state index is -5.17. The van der Waals surface area contributed by atoms with Crippen LogP contribution in [-0.2, 0) is 15.1 Å². The third-order valence-electron chi connectivity index (χ3n) is 7.60. The predicted octanol–water partition coefficient (Wildman–Crippen LogP) is 5.75. The van der Waals surface area contributed by atoms with E-state index in [1.807, 2.05) is 0 Å². The Balaban J connectivity index is -0.00000105. The number of hydrogen-bond acceptors (Lipinski definition) is 5. The van der Waals surface area contributed by atoms with Crippen molar-refractivity contribution in [3.8, 4) is 0 Å². The molecular weight excluding hydrogens is 590 g/mol. The van der Waals surface area contributed by atoms with Crippen LogP contribution in [0.5, 0.6) is 0 Å². The Labute approximate surface area is 320 Å². The van der Waals surface area contributed by atoms with Crippen LogP contribution in [0.4, 0.5) is 0 Å². The second-order valence-corrected chi connectivity index (χ2v) is 12.7. The van der Waals surface area contributed by atoms with E-state index in [1.165, 1.54) is 180 Å². The van der Waals surface area contributed by atoms with Gasteiger partial charge in [0.1, 0.15) is 0 Å². The standard InChI is InChI=1S/C36H70O.2Na.H2O4S/c1-3-5-7-9-11-13-15-17-19-21-23-25-27-29-31-33-35-37-36-34-32-30-28-26-24-22-20-18-16-14-12-10-8-6-4-2;;;1-5(2,3)4/h17-20H,3-16,21-36H2,1-2H3;;;(H2,1,2,3,4)/q;2*+1;/p-2/b19-17-,20-18-;;;. The van der Waals surface area contributed by atoms with Gasteiger partial charge in [0.05, 0.1) is 0 Å². The fraction of sp³-hybridized carbons (Fsp3) is 0.889. The SMILES string of the molecule is CCCCCCCC/C=C\CCCCCCCCOCCCCCCCC/C=C\CCCCCCCC.O=S(=O)([O-])[O-].[Na+].[Na+]. The third kappa shape index (κ3) is 62.2. The molecule has 0 bridgehead atoms. The van der Waals surface area contributed by atoms with E-state index in [2.05, 4.69) is 38.2 Å². The van der Waals surface area contributed by atoms with Crippen LogP contribution in [0.25, 0.3) is 0 Å². The van der Waals surface area contributed by atoms with Crippen molar-refractivity contribution in [1.29, 1.82) is 0 Å². The zero-order chi connectivity index (χ0) is 31.2. The maximum Gasteiger partial charge on any atom is 1.00 e. The molecule has 252 valence electrons. The van der Waals surface area contributed by atoms with Crippen molar-refractivity contribution in [1.82, 2.24) is 0 Å². The maximum atomic E-state index is 8.52. The first-order valence-electron chi connectivity index (χ1n) is 18.0. The normalized spacial score (nSPS) is 11.4. The fourth-order valence-corrected chi connectivity index (χ4v) is 5.01. The summed E-state index contributed by atoms with van der Waals surface area (Å²) in [4.78, 5) is 0. The molecule has 5 nitrogen and oxygen atoms in total. The van der Waals surface area contributed by atoms with Gasteiger partial charge in [-0.05, 0) is 64.2 Å². The fourth-order valence-electron chi connectivity index (χ4n) is 5.01. The quantitative estimate of drug-likeness (QED) is 0.0302. The van der Waals surface area contributed by atoms with Gasteiger partial charge in [-0.15, -0.1) is 0 Å². The van der Waals surface area contributed by atoms with Gasteiger partial charge in [-0.1, -0.05) is 154 Å². The first kappa shape index (κ1) is 52.1. The molecule has 0 saturated heterocycles. The predicted molar refractivity (Wildman–Crippen MR) is 180 cm³/mol. The van der Waals surface area contributed by atoms with Crippen molar-refractivity contribution in [3.63, 3.8) is 0 Å². The van der Waals surface area contributed by atoms with E-state index in [4.69, 9.17) is 22.3 Å². The van der Waals surface area contributed by atoms with E-state index in [-0.39, 0.29) is 59.1 Å². The molecular formula is C36H70Na2O5S. The Kier molecular flexibility index (Phi) is 55.0. The Morgan fingerprint density at radius 1 is 0.409 bits per heavy atom. The molecule has 0 rings (SSSR count). The van der Waals surface area contributed by atoms with E-state index in [1.54, 1.807) is 0 Å². The van der Waals surface area contributed by atoms with Crippen molar-refractivity contribution in [2.24, 2.45) is 0 Å². The van der Waals surface area contributed by atoms with E-state index in [0.29, 0.717) is 0 Å². The van der Waals surface area contributed by atoms with Crippen LogP contribution in [0.15, 0.2) is 24.3 Å². The summed E-state index contributed by atoms with van der Waals surface area (Å²) in [6.07, 6.45) is 48.1. The van der Waals surface area contributed by atoms with Gasteiger partial charge in [0.25, 0.3) is 0 Å². The van der Waals surface area contributed by atoms with Crippen LogP contribution in [0.1, 0.15) is 194 Å². The molecule has 0 fully saturated rings. The molecule has 0 aliphatic heterocycles. The molecule has 0 aromatic carbocycles. The minimum absolute atomic E-state index is 0. The molecule has 8 heteroatoms. The number of unbranched alkanes of at least 4 members (excludes halogenated alkanes) is 24. The molecule has 0 heterocycles. The molecule has 0 atom stereocenters. The van der Waals surface area contributed by atoms with Gasteiger partial charge in [0.2, 0.25) is 0 Å². The van der Waals surface area contributed by atoms with E-state index in [9.17, 15) is 0 Å². The smallest absolute Gasteiger partial charge is 0.759 e. The molecule has 0 aliphatic rings. The Morgan fingerprint density at radius 2 is 0.614 bits per heavy atom. The van der Waals surface area contributed by atoms with Gasteiger partial charge in [-0.2, -0.15) is 0 Å². The van der Waals surface area contributed by atoms with Crippen LogP contribution in [0, 0.1) is 0 Å². The van der Waals surface area contributed by atoms with Gasteiger partial charge in [0.15, 0.2) is 0 Å². The summed E-state index contributed by atoms with van der Waals surface area (Å²) in [6, 6.07) is 0. The zero-order valence-corrected chi connectivity index (χ0v) is 34.8. The summed E-state index contributed by atoms with van der Waals surface area (Å²) in [5.41, 5.74) is 0. The molecule has 0 aliphatic carbocycles. The number of rotatable bonds is 32. The van der Waals surface area contributed by atoms with Crippen molar-refractivity contribution in [2.75, 3.05) is 13.2 Å². The second-order valence-electron chi connectivity index (χ2n) is 11.9. The minimum Gasteiger partial charge on any atom is -0.759 e. The molecule has 0 radical (unpaired) electrons. The van der Waals surface area contributed by atoms with Crippen LogP contribution in [-0.4, -0.2) is 30.7 Å². The van der Waals surface area contributed by atoms with Crippen LogP contribution < -0.4 is 59.1 Å². The summed E-state index contributed by atoms with van der Waals surface area (Å²) < 4.78 is 39.9. The number of hydrogen-bond donors (Lipinski definition) is 0. The largest absolute Gasteiger partial charge is 1.00 e. The van der Waals surface area contributed by atoms with Gasteiger partial charge in [-0.25, -0.2) is 0 Å². The molecule has 0 N–H and O–H groups in total. The van der Waals surface area contributed by atoms with Crippen LogP contribution in [0.2, 0.25) is 0 Å². The van der Waals surface area contributed by atoms with Gasteiger partial charge in [0, 0.05) is 23.6 Å². The van der Waals surface area contributed by atoms with E-state index in [0.717, 1.165) is 13.2 Å². The van der Waals surface area contributed by atoms with E-state index < -0.39 is 10.4 Å². The summed E-state index contributed by atoms with van der Waals surface area (Å²) in [7, 11) is -5.17. The Bertz CT molecular complexity index is 609. The first-order valence-corrected chi connectivity index (χ1v) is 19.3. The second kappa shape index (κ2) is 46.4. The molecule has 0 unspecified atom stereocenters. The molecule has 0 saturated carbocycles. The molecule has 44 heavy (non-hydrogen) atoms. The molecule has 0 amide bonds. The summed E-state index contributed by atoms with van der Waals surface area (Å²) in [5.74, 6) is 0. The van der Waals surface area contributed by atoms with E-state index >= 15 is 0 Å². The molecule has 0 aromatic rings. The summed E-state index contributed by atoms with van der Waals surface area (Å²) in [6.45, 7) is 6.54. The first-order chi connectivity index (χ1) is 20.4. The zero-order valence-electron chi connectivity index (χ0n) is 30.0. The van der Waals surface area contributed by atoms with Gasteiger partial charge >= 0.3 is 59.1 Å². The monoisotopic (exact) mass is 660 g/mol. The number of allylic oxidation sites excluding steroid dienone is 4. The number of ether oxygens (including phenoxy) is 1. The van der Waals surface area contributed by atoms with Gasteiger partial charge in [-0.3, -0.25) is 8.42 Å². The average Bonchev–Trinajstić information content (AvgIpc) is 2.94. The Morgan fingerprint density at radius 3 is 0.864 bits per heavy atom. The average molecular weight is 661 g/mol. The van der Waals surface area contributed by atoms with Gasteiger partial charge < -0.3 is 13.8 Å².